The van der Waals surface area contributed by atoms with E-state index in [0.717, 1.165) is 29.5 Å². The van der Waals surface area contributed by atoms with Crippen molar-refractivity contribution in [1.29, 1.82) is 0 Å². The summed E-state index contributed by atoms with van der Waals surface area (Å²) in [6.45, 7) is 3.88. The van der Waals surface area contributed by atoms with Crippen molar-refractivity contribution in [3.05, 3.63) is 45.9 Å². The van der Waals surface area contributed by atoms with Gasteiger partial charge in [-0.15, -0.1) is 10.2 Å². The van der Waals surface area contributed by atoms with E-state index in [2.05, 4.69) is 46.7 Å². The molecule has 3 nitrogen and oxygen atoms in total. The van der Waals surface area contributed by atoms with Crippen LogP contribution in [0.1, 0.15) is 22.5 Å². The number of nitrogens with zero attached hydrogens (tertiary/aromatic N) is 2. The third kappa shape index (κ3) is 3.12. The largest absolute Gasteiger partial charge is 0.311 e. The summed E-state index contributed by atoms with van der Waals surface area (Å²) in [5.41, 5.74) is 1.29. The Morgan fingerprint density at radius 2 is 1.88 bits per heavy atom. The summed E-state index contributed by atoms with van der Waals surface area (Å²) in [7, 11) is 0. The van der Waals surface area contributed by atoms with Gasteiger partial charge in [-0.25, -0.2) is 0 Å². The van der Waals surface area contributed by atoms with Gasteiger partial charge in [0.2, 0.25) is 0 Å². The van der Waals surface area contributed by atoms with E-state index in [1.54, 1.807) is 11.3 Å². The number of rotatable bonds is 5. The maximum absolute atomic E-state index is 4.19. The third-order valence-corrected chi connectivity index (χ3v) is 3.16. The molecule has 0 bridgehead atoms. The van der Waals surface area contributed by atoms with Gasteiger partial charge in [0.25, 0.3) is 0 Å². The molecule has 0 radical (unpaired) electrons. The summed E-state index contributed by atoms with van der Waals surface area (Å²) in [5.74, 6) is 0. The zero-order valence-electron chi connectivity index (χ0n) is 9.31. The lowest BCUT2D eigenvalue weighted by Gasteiger charge is -1.95. The Labute approximate surface area is 99.5 Å². The Kier molecular flexibility index (Phi) is 4.02. The van der Waals surface area contributed by atoms with Crippen LogP contribution in [0.2, 0.25) is 0 Å². The minimum Gasteiger partial charge on any atom is -0.311 e. The van der Waals surface area contributed by atoms with Crippen LogP contribution in [0.5, 0.6) is 0 Å². The molecule has 0 amide bonds. The third-order valence-electron chi connectivity index (χ3n) is 2.23. The maximum atomic E-state index is 4.19. The Morgan fingerprint density at radius 3 is 2.62 bits per heavy atom. The molecule has 0 spiro atoms. The van der Waals surface area contributed by atoms with E-state index in [1.165, 1.54) is 5.56 Å². The van der Waals surface area contributed by atoms with Gasteiger partial charge in [0.1, 0.15) is 10.0 Å². The highest BCUT2D eigenvalue weighted by Gasteiger charge is 2.04. The van der Waals surface area contributed by atoms with Crippen molar-refractivity contribution in [2.24, 2.45) is 0 Å². The van der Waals surface area contributed by atoms with Crippen LogP contribution < -0.4 is 5.32 Å². The van der Waals surface area contributed by atoms with Gasteiger partial charge in [0, 0.05) is 13.0 Å². The first-order chi connectivity index (χ1) is 7.88. The lowest BCUT2D eigenvalue weighted by molar-refractivity contribution is 0.714. The van der Waals surface area contributed by atoms with Crippen LogP contribution in [0, 0.1) is 0 Å². The van der Waals surface area contributed by atoms with Gasteiger partial charge in [-0.3, -0.25) is 0 Å². The molecule has 16 heavy (non-hydrogen) atoms. The molecule has 2 aromatic rings. The minimum atomic E-state index is 0.822. The van der Waals surface area contributed by atoms with Gasteiger partial charge in [-0.1, -0.05) is 48.6 Å². The first-order valence-electron chi connectivity index (χ1n) is 5.44. The molecule has 2 rings (SSSR count). The quantitative estimate of drug-likeness (QED) is 0.860. The van der Waals surface area contributed by atoms with Gasteiger partial charge in [-0.05, 0) is 12.1 Å². The van der Waals surface area contributed by atoms with E-state index in [0.29, 0.717) is 0 Å². The zero-order chi connectivity index (χ0) is 11.2. The average molecular weight is 233 g/mol. The molecule has 1 aromatic carbocycles. The molecule has 0 atom stereocenters. The van der Waals surface area contributed by atoms with E-state index in [-0.39, 0.29) is 0 Å². The monoisotopic (exact) mass is 233 g/mol. The lowest BCUT2D eigenvalue weighted by atomic mass is 10.2. The molecule has 0 aliphatic rings. The van der Waals surface area contributed by atoms with Crippen molar-refractivity contribution in [2.75, 3.05) is 6.54 Å². The van der Waals surface area contributed by atoms with Gasteiger partial charge in [0.05, 0.1) is 0 Å². The first-order valence-corrected chi connectivity index (χ1v) is 6.26. The Bertz CT molecular complexity index is 425. The summed E-state index contributed by atoms with van der Waals surface area (Å²) in [6.07, 6.45) is 0.880. The maximum Gasteiger partial charge on any atom is 0.131 e. The van der Waals surface area contributed by atoms with Crippen LogP contribution >= 0.6 is 11.3 Å². The van der Waals surface area contributed by atoms with E-state index in [4.69, 9.17) is 0 Å². The normalized spacial score (nSPS) is 10.6. The smallest absolute Gasteiger partial charge is 0.131 e. The molecule has 1 aromatic heterocycles. The van der Waals surface area contributed by atoms with Crippen LogP contribution in [-0.2, 0) is 13.0 Å². The van der Waals surface area contributed by atoms with Gasteiger partial charge >= 0.3 is 0 Å². The Balaban J connectivity index is 1.97. The lowest BCUT2D eigenvalue weighted by Crippen LogP contribution is -2.11. The summed E-state index contributed by atoms with van der Waals surface area (Å²) in [4.78, 5) is 0. The fourth-order valence-electron chi connectivity index (χ4n) is 1.43. The van der Waals surface area contributed by atoms with Crippen LogP contribution in [-0.4, -0.2) is 16.7 Å². The highest BCUT2D eigenvalue weighted by Crippen LogP contribution is 2.14. The second-order valence-electron chi connectivity index (χ2n) is 3.53. The van der Waals surface area contributed by atoms with Gasteiger partial charge in [-0.2, -0.15) is 0 Å². The molecule has 0 unspecified atom stereocenters. The fourth-order valence-corrected chi connectivity index (χ4v) is 2.28. The summed E-state index contributed by atoms with van der Waals surface area (Å²) in [5, 5.41) is 13.7. The molecule has 84 valence electrons. The second-order valence-corrected chi connectivity index (χ2v) is 4.68. The van der Waals surface area contributed by atoms with Crippen molar-refractivity contribution < 1.29 is 0 Å². The van der Waals surface area contributed by atoms with Gasteiger partial charge in [0.15, 0.2) is 0 Å². The molecule has 0 saturated carbocycles. The molecule has 1 heterocycles. The highest BCUT2D eigenvalue weighted by atomic mass is 32.1. The molecular weight excluding hydrogens is 218 g/mol. The fraction of sp³-hybridized carbons (Fsp3) is 0.333. The van der Waals surface area contributed by atoms with E-state index in [1.807, 2.05) is 6.07 Å². The predicted octanol–water partition coefficient (Wildman–Crippen LogP) is 2.24. The standard InChI is InChI=1S/C12H15N3S/c1-2-13-9-12-15-14-11(16-12)8-10-6-4-3-5-7-10/h3-7,13H,2,8-9H2,1H3. The molecule has 4 heteroatoms. The molecular formula is C12H15N3S. The number of nitrogens with one attached hydrogen (secondary N) is 1. The minimum absolute atomic E-state index is 0.822. The topological polar surface area (TPSA) is 37.8 Å². The summed E-state index contributed by atoms with van der Waals surface area (Å²) >= 11 is 1.68. The van der Waals surface area contributed by atoms with Gasteiger partial charge < -0.3 is 5.32 Å². The molecule has 0 fully saturated rings. The van der Waals surface area contributed by atoms with Crippen molar-refractivity contribution in [2.45, 2.75) is 19.9 Å². The zero-order valence-corrected chi connectivity index (χ0v) is 10.1. The highest BCUT2D eigenvalue weighted by molar-refractivity contribution is 7.11. The van der Waals surface area contributed by atoms with Crippen LogP contribution in [0.4, 0.5) is 0 Å². The molecule has 0 aliphatic heterocycles. The van der Waals surface area contributed by atoms with Crippen molar-refractivity contribution in [3.8, 4) is 0 Å². The number of aromatic nitrogens is 2. The number of hydrogen-bond donors (Lipinski definition) is 1. The number of benzene rings is 1. The van der Waals surface area contributed by atoms with Crippen LogP contribution in [0.15, 0.2) is 30.3 Å². The summed E-state index contributed by atoms with van der Waals surface area (Å²) < 4.78 is 0. The SMILES string of the molecule is CCNCc1nnc(Cc2ccccc2)s1. The average Bonchev–Trinajstić information content (AvgIpc) is 2.75. The van der Waals surface area contributed by atoms with Crippen molar-refractivity contribution in [3.63, 3.8) is 0 Å². The number of hydrogen-bond acceptors (Lipinski definition) is 4. The molecule has 0 aliphatic carbocycles. The summed E-state index contributed by atoms with van der Waals surface area (Å²) in [6, 6.07) is 10.4. The Morgan fingerprint density at radius 1 is 1.12 bits per heavy atom. The van der Waals surface area contributed by atoms with E-state index in [9.17, 15) is 0 Å². The second kappa shape index (κ2) is 5.72. The molecule has 0 saturated heterocycles. The van der Waals surface area contributed by atoms with E-state index >= 15 is 0 Å². The Hall–Kier alpha value is -1.26. The van der Waals surface area contributed by atoms with Crippen LogP contribution in [0.25, 0.3) is 0 Å². The predicted molar refractivity (Wildman–Crippen MR) is 66.5 cm³/mol. The van der Waals surface area contributed by atoms with Crippen molar-refractivity contribution >= 4 is 11.3 Å². The van der Waals surface area contributed by atoms with Crippen molar-refractivity contribution in [1.82, 2.24) is 15.5 Å². The first kappa shape index (κ1) is 11.2. The van der Waals surface area contributed by atoms with Crippen LogP contribution in [0.3, 0.4) is 0 Å². The molecule has 1 N–H and O–H groups in total. The van der Waals surface area contributed by atoms with E-state index < -0.39 is 0 Å².